The molecule has 2 aliphatic rings. The van der Waals surface area contributed by atoms with Gasteiger partial charge in [-0.25, -0.2) is 4.98 Å². The normalized spacial score (nSPS) is 21.1. The van der Waals surface area contributed by atoms with Gasteiger partial charge in [0.25, 0.3) is 0 Å². The van der Waals surface area contributed by atoms with E-state index in [2.05, 4.69) is 64.5 Å². The van der Waals surface area contributed by atoms with Crippen LogP contribution in [0.5, 0.6) is 0 Å². The minimum Gasteiger partial charge on any atom is -0.423 e. The molecule has 1 saturated carbocycles. The fraction of sp³-hybridized carbons (Fsp3) is 0.273. The molecule has 0 bridgehead atoms. The Morgan fingerprint density at radius 2 is 1.77 bits per heavy atom. The predicted octanol–water partition coefficient (Wildman–Crippen LogP) is 4.38. The Morgan fingerprint density at radius 1 is 1.00 bits per heavy atom. The van der Waals surface area contributed by atoms with Crippen molar-refractivity contribution in [3.63, 3.8) is 0 Å². The minimum atomic E-state index is 0.287. The highest BCUT2D eigenvalue weighted by Gasteiger charge is 2.44. The van der Waals surface area contributed by atoms with Gasteiger partial charge in [0.15, 0.2) is 0 Å². The van der Waals surface area contributed by atoms with E-state index < -0.39 is 0 Å². The average Bonchev–Trinajstić information content (AvgIpc) is 3.39. The van der Waals surface area contributed by atoms with Gasteiger partial charge in [-0.3, -0.25) is 0 Å². The predicted molar refractivity (Wildman–Crippen MR) is 99.0 cm³/mol. The van der Waals surface area contributed by atoms with Crippen LogP contribution in [0.1, 0.15) is 46.5 Å². The van der Waals surface area contributed by atoms with Crippen molar-refractivity contribution in [1.82, 2.24) is 4.98 Å². The van der Waals surface area contributed by atoms with Crippen LogP contribution in [0, 0.1) is 11.3 Å². The average molecular weight is 341 g/mol. The minimum absolute atomic E-state index is 0.287. The molecule has 0 radical (unpaired) electrons. The summed E-state index contributed by atoms with van der Waals surface area (Å²) in [5, 5.41) is 9.54. The molecule has 2 heterocycles. The molecule has 26 heavy (non-hydrogen) atoms. The molecule has 0 saturated heterocycles. The van der Waals surface area contributed by atoms with Crippen molar-refractivity contribution in [3.05, 3.63) is 82.9 Å². The molecule has 1 aromatic heterocycles. The second kappa shape index (κ2) is 6.03. The van der Waals surface area contributed by atoms with Crippen molar-refractivity contribution in [3.8, 4) is 6.07 Å². The fourth-order valence-electron chi connectivity index (χ4n) is 3.98. The molecule has 4 heteroatoms. The topological polar surface area (TPSA) is 53.1 Å². The largest absolute Gasteiger partial charge is 0.423 e. The quantitative estimate of drug-likeness (QED) is 0.709. The number of aromatic nitrogens is 1. The van der Waals surface area contributed by atoms with Gasteiger partial charge in [0.1, 0.15) is 6.07 Å². The van der Waals surface area contributed by atoms with E-state index in [1.807, 2.05) is 6.07 Å². The van der Waals surface area contributed by atoms with Crippen LogP contribution in [-0.2, 0) is 13.0 Å². The maximum atomic E-state index is 9.54. The van der Waals surface area contributed by atoms with Gasteiger partial charge in [-0.2, -0.15) is 5.26 Å². The van der Waals surface area contributed by atoms with E-state index >= 15 is 0 Å². The molecule has 0 N–H and O–H groups in total. The fourth-order valence-corrected chi connectivity index (χ4v) is 3.98. The van der Waals surface area contributed by atoms with Crippen LogP contribution >= 0.6 is 0 Å². The van der Waals surface area contributed by atoms with E-state index in [0.29, 0.717) is 23.4 Å². The van der Waals surface area contributed by atoms with Crippen molar-refractivity contribution in [1.29, 1.82) is 5.26 Å². The number of fused-ring (bicyclic) bond motifs is 1. The molecule has 5 rings (SSSR count). The Labute approximate surface area is 152 Å². The van der Waals surface area contributed by atoms with Gasteiger partial charge in [0, 0.05) is 19.0 Å². The second-order valence-corrected chi connectivity index (χ2v) is 7.12. The number of anilines is 1. The summed E-state index contributed by atoms with van der Waals surface area (Å²) in [4.78, 5) is 6.68. The zero-order valence-electron chi connectivity index (χ0n) is 14.4. The number of oxazole rings is 1. The van der Waals surface area contributed by atoms with Gasteiger partial charge in [0.2, 0.25) is 17.5 Å². The molecule has 2 aromatic carbocycles. The number of nitriles is 1. The van der Waals surface area contributed by atoms with Gasteiger partial charge in [-0.05, 0) is 35.4 Å². The van der Waals surface area contributed by atoms with Gasteiger partial charge in [-0.15, -0.1) is 0 Å². The Morgan fingerprint density at radius 3 is 2.58 bits per heavy atom. The lowest BCUT2D eigenvalue weighted by Crippen LogP contribution is -2.30. The smallest absolute Gasteiger partial charge is 0.235 e. The maximum absolute atomic E-state index is 9.54. The summed E-state index contributed by atoms with van der Waals surface area (Å²) in [5.74, 6) is 2.09. The molecule has 3 aromatic rings. The number of benzene rings is 2. The van der Waals surface area contributed by atoms with Crippen molar-refractivity contribution < 1.29 is 4.42 Å². The first-order valence-electron chi connectivity index (χ1n) is 9.11. The van der Waals surface area contributed by atoms with E-state index in [1.165, 1.54) is 16.7 Å². The summed E-state index contributed by atoms with van der Waals surface area (Å²) in [7, 11) is 0. The lowest BCUT2D eigenvalue weighted by Gasteiger charge is -2.28. The van der Waals surface area contributed by atoms with Crippen molar-refractivity contribution >= 4 is 5.88 Å². The Balaban J connectivity index is 1.41. The highest BCUT2D eigenvalue weighted by molar-refractivity contribution is 5.51. The van der Waals surface area contributed by atoms with Crippen LogP contribution in [0.3, 0.4) is 0 Å². The molecule has 2 atom stereocenters. The lowest BCUT2D eigenvalue weighted by molar-refractivity contribution is 0.479. The van der Waals surface area contributed by atoms with Crippen LogP contribution in [0.2, 0.25) is 0 Å². The molecular weight excluding hydrogens is 322 g/mol. The first kappa shape index (κ1) is 15.2. The van der Waals surface area contributed by atoms with Gasteiger partial charge in [0.05, 0.1) is 0 Å². The highest BCUT2D eigenvalue weighted by atomic mass is 16.4. The summed E-state index contributed by atoms with van der Waals surface area (Å²) in [5.41, 5.74) is 4.42. The second-order valence-electron chi connectivity index (χ2n) is 7.12. The zero-order valence-corrected chi connectivity index (χ0v) is 14.4. The number of nitrogens with zero attached hydrogens (tertiary/aromatic N) is 3. The third-order valence-corrected chi connectivity index (χ3v) is 5.48. The summed E-state index contributed by atoms with van der Waals surface area (Å²) < 4.78 is 6.13. The molecule has 1 aliphatic heterocycles. The first-order chi connectivity index (χ1) is 12.8. The van der Waals surface area contributed by atoms with E-state index in [1.54, 1.807) is 0 Å². The van der Waals surface area contributed by atoms with Crippen LogP contribution < -0.4 is 4.90 Å². The third-order valence-electron chi connectivity index (χ3n) is 5.48. The number of hydrogen-bond donors (Lipinski definition) is 0. The van der Waals surface area contributed by atoms with Crippen LogP contribution in [0.25, 0.3) is 0 Å². The Hall–Kier alpha value is -3.06. The van der Waals surface area contributed by atoms with Crippen molar-refractivity contribution in [2.75, 3.05) is 11.4 Å². The Bertz CT molecular complexity index is 986. The summed E-state index contributed by atoms with van der Waals surface area (Å²) in [6.07, 6.45) is 2.00. The number of hydrogen-bond acceptors (Lipinski definition) is 4. The van der Waals surface area contributed by atoms with Crippen LogP contribution in [0.15, 0.2) is 59.0 Å². The van der Waals surface area contributed by atoms with Gasteiger partial charge >= 0.3 is 0 Å². The zero-order chi connectivity index (χ0) is 17.5. The molecule has 1 fully saturated rings. The lowest BCUT2D eigenvalue weighted by atomic mass is 10.00. The SMILES string of the molecule is N#Cc1nc([C@H]2C[C@H]2c2ccccc2)oc1N1CCc2ccccc2C1. The standard InChI is InChI=1S/C22H19N3O/c23-13-20-22(25-11-10-15-6-4-5-9-17(15)14-25)26-21(24-20)19-12-18(19)16-7-2-1-3-8-16/h1-9,18-19H,10-12,14H2/t18-,19-/m0/s1. The monoisotopic (exact) mass is 341 g/mol. The first-order valence-corrected chi connectivity index (χ1v) is 9.11. The van der Waals surface area contributed by atoms with Crippen molar-refractivity contribution in [2.45, 2.75) is 31.2 Å². The van der Waals surface area contributed by atoms with Crippen molar-refractivity contribution in [2.24, 2.45) is 0 Å². The summed E-state index contributed by atoms with van der Waals surface area (Å²) in [6.45, 7) is 1.62. The highest BCUT2D eigenvalue weighted by Crippen LogP contribution is 2.54. The van der Waals surface area contributed by atoms with E-state index in [0.717, 1.165) is 25.9 Å². The molecule has 0 spiro atoms. The molecule has 1 aliphatic carbocycles. The summed E-state index contributed by atoms with van der Waals surface area (Å²) in [6, 6.07) is 21.2. The molecule has 128 valence electrons. The number of rotatable bonds is 3. The third kappa shape index (κ3) is 2.57. The Kier molecular flexibility index (Phi) is 3.53. The van der Waals surface area contributed by atoms with E-state index in [-0.39, 0.29) is 5.92 Å². The van der Waals surface area contributed by atoms with E-state index in [9.17, 15) is 5.26 Å². The van der Waals surface area contributed by atoms with Gasteiger partial charge in [-0.1, -0.05) is 54.6 Å². The molecular formula is C22H19N3O. The van der Waals surface area contributed by atoms with Crippen LogP contribution in [-0.4, -0.2) is 11.5 Å². The van der Waals surface area contributed by atoms with Gasteiger partial charge < -0.3 is 9.32 Å². The summed E-state index contributed by atoms with van der Waals surface area (Å²) >= 11 is 0. The maximum Gasteiger partial charge on any atom is 0.235 e. The van der Waals surface area contributed by atoms with E-state index in [4.69, 9.17) is 4.42 Å². The van der Waals surface area contributed by atoms with Crippen LogP contribution in [0.4, 0.5) is 5.88 Å². The molecule has 0 unspecified atom stereocenters. The molecule has 4 nitrogen and oxygen atoms in total. The molecule has 0 amide bonds.